The van der Waals surface area contributed by atoms with Gasteiger partial charge in [0.15, 0.2) is 5.11 Å². The number of aryl methyl sites for hydroxylation is 1. The summed E-state index contributed by atoms with van der Waals surface area (Å²) in [5, 5.41) is 7.92. The fourth-order valence-corrected chi connectivity index (χ4v) is 3.56. The standard InChI is InChI=1S/C17H18N4O2S2/c1-23-16(22)15-10-12-9-13(3-4-14(12)25-15)20-17(24)19-5-2-7-21-8-6-18-11-21/h3-4,6,8-11H,2,5,7H2,1H3,(H2,19,20,24). The molecule has 2 N–H and O–H groups in total. The van der Waals surface area contributed by atoms with Crippen molar-refractivity contribution in [1.82, 2.24) is 14.9 Å². The van der Waals surface area contributed by atoms with Gasteiger partial charge in [0.2, 0.25) is 0 Å². The molecule has 0 amide bonds. The lowest BCUT2D eigenvalue weighted by Gasteiger charge is -2.10. The van der Waals surface area contributed by atoms with E-state index < -0.39 is 0 Å². The van der Waals surface area contributed by atoms with Gasteiger partial charge in [0.25, 0.3) is 0 Å². The Morgan fingerprint density at radius 1 is 1.40 bits per heavy atom. The van der Waals surface area contributed by atoms with Gasteiger partial charge in [-0.2, -0.15) is 0 Å². The minimum atomic E-state index is -0.314. The third-order valence-corrected chi connectivity index (χ3v) is 4.94. The number of thiocarbonyl (C=S) groups is 1. The van der Waals surface area contributed by atoms with Crippen molar-refractivity contribution in [2.24, 2.45) is 0 Å². The Morgan fingerprint density at radius 3 is 3.04 bits per heavy atom. The van der Waals surface area contributed by atoms with Crippen LogP contribution in [0.1, 0.15) is 16.1 Å². The highest BCUT2D eigenvalue weighted by Crippen LogP contribution is 2.28. The van der Waals surface area contributed by atoms with Crippen LogP contribution in [0.4, 0.5) is 5.69 Å². The largest absolute Gasteiger partial charge is 0.465 e. The normalized spacial score (nSPS) is 10.6. The van der Waals surface area contributed by atoms with E-state index in [1.54, 1.807) is 12.5 Å². The number of anilines is 1. The third kappa shape index (κ3) is 4.55. The summed E-state index contributed by atoms with van der Waals surface area (Å²) in [6, 6.07) is 7.71. The summed E-state index contributed by atoms with van der Waals surface area (Å²) in [7, 11) is 1.39. The summed E-state index contributed by atoms with van der Waals surface area (Å²) in [4.78, 5) is 16.2. The van der Waals surface area contributed by atoms with Gasteiger partial charge in [0, 0.05) is 35.9 Å². The average molecular weight is 374 g/mol. The van der Waals surface area contributed by atoms with Crippen molar-refractivity contribution in [2.45, 2.75) is 13.0 Å². The van der Waals surface area contributed by atoms with Crippen LogP contribution in [0.25, 0.3) is 10.1 Å². The molecule has 25 heavy (non-hydrogen) atoms. The molecule has 0 atom stereocenters. The number of esters is 1. The molecule has 0 bridgehead atoms. The van der Waals surface area contributed by atoms with Crippen molar-refractivity contribution < 1.29 is 9.53 Å². The van der Waals surface area contributed by atoms with E-state index in [-0.39, 0.29) is 5.97 Å². The SMILES string of the molecule is COC(=O)c1cc2cc(NC(=S)NCCCn3ccnc3)ccc2s1. The molecular weight excluding hydrogens is 356 g/mol. The lowest BCUT2D eigenvalue weighted by Crippen LogP contribution is -2.29. The van der Waals surface area contributed by atoms with Gasteiger partial charge >= 0.3 is 5.97 Å². The molecule has 130 valence electrons. The van der Waals surface area contributed by atoms with Crippen LogP contribution in [0, 0.1) is 0 Å². The molecule has 0 fully saturated rings. The van der Waals surface area contributed by atoms with E-state index >= 15 is 0 Å². The van der Waals surface area contributed by atoms with Crippen molar-refractivity contribution in [1.29, 1.82) is 0 Å². The number of methoxy groups -OCH3 is 1. The molecule has 2 aromatic heterocycles. The number of carbonyl (C=O) groups is 1. The molecule has 0 spiro atoms. The monoisotopic (exact) mass is 374 g/mol. The molecule has 6 nitrogen and oxygen atoms in total. The summed E-state index contributed by atoms with van der Waals surface area (Å²) >= 11 is 6.74. The molecule has 0 aliphatic rings. The van der Waals surface area contributed by atoms with Gasteiger partial charge in [-0.15, -0.1) is 11.3 Å². The van der Waals surface area contributed by atoms with Crippen LogP contribution in [0.5, 0.6) is 0 Å². The zero-order valence-corrected chi connectivity index (χ0v) is 15.3. The van der Waals surface area contributed by atoms with Gasteiger partial charge in [-0.05, 0) is 48.3 Å². The van der Waals surface area contributed by atoms with E-state index in [2.05, 4.69) is 15.6 Å². The molecule has 0 unspecified atom stereocenters. The summed E-state index contributed by atoms with van der Waals surface area (Å²) < 4.78 is 7.82. The predicted octanol–water partition coefficient (Wildman–Crippen LogP) is 3.26. The van der Waals surface area contributed by atoms with Crippen LogP contribution in [-0.4, -0.2) is 34.3 Å². The van der Waals surface area contributed by atoms with Crippen LogP contribution in [-0.2, 0) is 11.3 Å². The maximum absolute atomic E-state index is 11.6. The van der Waals surface area contributed by atoms with Crippen LogP contribution >= 0.6 is 23.6 Å². The lowest BCUT2D eigenvalue weighted by molar-refractivity contribution is 0.0606. The van der Waals surface area contributed by atoms with Crippen molar-refractivity contribution in [2.75, 3.05) is 19.0 Å². The van der Waals surface area contributed by atoms with E-state index in [1.165, 1.54) is 18.4 Å². The maximum Gasteiger partial charge on any atom is 0.348 e. The molecule has 8 heteroatoms. The Kier molecular flexibility index (Phi) is 5.62. The average Bonchev–Trinajstić information content (AvgIpc) is 3.27. The van der Waals surface area contributed by atoms with E-state index in [4.69, 9.17) is 17.0 Å². The number of aromatic nitrogens is 2. The minimum Gasteiger partial charge on any atom is -0.465 e. The highest BCUT2D eigenvalue weighted by molar-refractivity contribution is 7.80. The number of imidazole rings is 1. The number of thiophene rings is 1. The fourth-order valence-electron chi connectivity index (χ4n) is 2.38. The number of hydrogen-bond donors (Lipinski definition) is 2. The molecule has 0 radical (unpaired) electrons. The number of benzene rings is 1. The second-order valence-corrected chi connectivity index (χ2v) is 6.88. The Morgan fingerprint density at radius 2 is 2.28 bits per heavy atom. The minimum absolute atomic E-state index is 0.314. The van der Waals surface area contributed by atoms with Crippen molar-refractivity contribution in [3.8, 4) is 0 Å². The second-order valence-electron chi connectivity index (χ2n) is 5.39. The molecule has 3 aromatic rings. The van der Waals surface area contributed by atoms with Crippen LogP contribution in [0.15, 0.2) is 43.0 Å². The molecule has 0 saturated heterocycles. The van der Waals surface area contributed by atoms with E-state index in [0.29, 0.717) is 9.99 Å². The van der Waals surface area contributed by atoms with E-state index in [0.717, 1.165) is 35.3 Å². The Hall–Kier alpha value is -2.45. The zero-order chi connectivity index (χ0) is 17.6. The van der Waals surface area contributed by atoms with Gasteiger partial charge in [-0.25, -0.2) is 9.78 Å². The topological polar surface area (TPSA) is 68.2 Å². The maximum atomic E-state index is 11.6. The van der Waals surface area contributed by atoms with Crippen molar-refractivity contribution >= 4 is 50.4 Å². The molecule has 0 saturated carbocycles. The van der Waals surface area contributed by atoms with Gasteiger partial charge < -0.3 is 19.9 Å². The smallest absolute Gasteiger partial charge is 0.348 e. The van der Waals surface area contributed by atoms with Crippen LogP contribution < -0.4 is 10.6 Å². The lowest BCUT2D eigenvalue weighted by atomic mass is 10.2. The van der Waals surface area contributed by atoms with Gasteiger partial charge in [-0.3, -0.25) is 0 Å². The Balaban J connectivity index is 1.52. The molecular formula is C17H18N4O2S2. The second kappa shape index (κ2) is 8.09. The van der Waals surface area contributed by atoms with Crippen LogP contribution in [0.2, 0.25) is 0 Å². The fraction of sp³-hybridized carbons (Fsp3) is 0.235. The van der Waals surface area contributed by atoms with Gasteiger partial charge in [0.1, 0.15) is 4.88 Å². The summed E-state index contributed by atoms with van der Waals surface area (Å²) in [6.45, 7) is 1.67. The number of nitrogens with one attached hydrogen (secondary N) is 2. The van der Waals surface area contributed by atoms with Crippen molar-refractivity contribution in [3.63, 3.8) is 0 Å². The number of nitrogens with zero attached hydrogens (tertiary/aromatic N) is 2. The molecule has 2 heterocycles. The molecule has 3 rings (SSSR count). The summed E-state index contributed by atoms with van der Waals surface area (Å²) in [5.41, 5.74) is 0.883. The first kappa shape index (κ1) is 17.4. The molecule has 0 aliphatic carbocycles. The number of hydrogen-bond acceptors (Lipinski definition) is 5. The van der Waals surface area contributed by atoms with E-state index in [1.807, 2.05) is 35.0 Å². The molecule has 0 aliphatic heterocycles. The predicted molar refractivity (Wildman–Crippen MR) is 104 cm³/mol. The Bertz CT molecular complexity index is 874. The first-order chi connectivity index (χ1) is 12.2. The highest BCUT2D eigenvalue weighted by Gasteiger charge is 2.10. The number of rotatable bonds is 6. The summed E-state index contributed by atoms with van der Waals surface area (Å²) in [5.74, 6) is -0.314. The van der Waals surface area contributed by atoms with Gasteiger partial charge in [-0.1, -0.05) is 0 Å². The zero-order valence-electron chi connectivity index (χ0n) is 13.7. The number of fused-ring (bicyclic) bond motifs is 1. The van der Waals surface area contributed by atoms with Crippen molar-refractivity contribution in [3.05, 3.63) is 47.9 Å². The van der Waals surface area contributed by atoms with Crippen LogP contribution in [0.3, 0.4) is 0 Å². The Labute approximate surface area is 154 Å². The first-order valence-corrected chi connectivity index (χ1v) is 9.00. The summed E-state index contributed by atoms with van der Waals surface area (Å²) in [6.07, 6.45) is 6.46. The number of ether oxygens (including phenoxy) is 1. The van der Waals surface area contributed by atoms with Gasteiger partial charge in [0.05, 0.1) is 13.4 Å². The van der Waals surface area contributed by atoms with E-state index in [9.17, 15) is 4.79 Å². The molecule has 1 aromatic carbocycles. The number of carbonyl (C=O) groups excluding carboxylic acids is 1. The highest BCUT2D eigenvalue weighted by atomic mass is 32.1. The first-order valence-electron chi connectivity index (χ1n) is 7.78. The quantitative estimate of drug-likeness (QED) is 0.392. The third-order valence-electron chi connectivity index (χ3n) is 3.60.